The molecule has 0 spiro atoms. The predicted molar refractivity (Wildman–Crippen MR) is 124 cm³/mol. The minimum absolute atomic E-state index is 0.0481. The van der Waals surface area contributed by atoms with E-state index in [1.54, 1.807) is 29.6 Å². The summed E-state index contributed by atoms with van der Waals surface area (Å²) in [7, 11) is 0. The molecule has 5 rings (SSSR count). The molecule has 1 unspecified atom stereocenters. The minimum atomic E-state index is -0.827. The molecule has 164 valence electrons. The summed E-state index contributed by atoms with van der Waals surface area (Å²) in [4.78, 5) is 30.7. The maximum Gasteiger partial charge on any atom is 0.294 e. The maximum atomic E-state index is 13.3. The molecular weight excluding hydrogens is 424 g/mol. The number of Topliss-reactive ketones (excluding diaryl/α,β-unsaturated/α-hetero) is 1. The average Bonchev–Trinajstić information content (AvgIpc) is 3.55. The fourth-order valence-electron chi connectivity index (χ4n) is 4.49. The van der Waals surface area contributed by atoms with E-state index in [0.29, 0.717) is 22.1 Å². The van der Waals surface area contributed by atoms with Crippen LogP contribution >= 0.6 is 11.3 Å². The molecule has 0 aliphatic carbocycles. The van der Waals surface area contributed by atoms with Gasteiger partial charge in [-0.1, -0.05) is 6.07 Å². The van der Waals surface area contributed by atoms with Gasteiger partial charge in [-0.3, -0.25) is 14.5 Å². The molecule has 2 aliphatic heterocycles. The molecule has 3 aromatic rings. The van der Waals surface area contributed by atoms with Crippen molar-refractivity contribution in [1.82, 2.24) is 0 Å². The third kappa shape index (κ3) is 3.52. The molecule has 1 atom stereocenters. The lowest BCUT2D eigenvalue weighted by Crippen LogP contribution is -2.31. The molecule has 1 amide bonds. The van der Waals surface area contributed by atoms with Crippen LogP contribution < -0.4 is 9.80 Å². The number of benzene rings is 1. The summed E-state index contributed by atoms with van der Waals surface area (Å²) in [6.07, 6.45) is 3.61. The fourth-order valence-corrected chi connectivity index (χ4v) is 5.17. The van der Waals surface area contributed by atoms with Gasteiger partial charge in [0.25, 0.3) is 5.91 Å². The number of piperidine rings is 1. The first-order valence-electron chi connectivity index (χ1n) is 10.8. The van der Waals surface area contributed by atoms with Gasteiger partial charge in [-0.25, -0.2) is 0 Å². The topological polar surface area (TPSA) is 74.0 Å². The SMILES string of the molecule is Cc1ccc(C2C(C(=O)c3cccs3)=C(O)C(=O)N2c2ccc(N3CCCCC3)cc2)o1. The summed E-state index contributed by atoms with van der Waals surface area (Å²) in [5.41, 5.74) is 1.76. The fraction of sp³-hybridized carbons (Fsp3) is 0.280. The van der Waals surface area contributed by atoms with Crippen LogP contribution in [-0.2, 0) is 4.79 Å². The second-order valence-electron chi connectivity index (χ2n) is 8.16. The van der Waals surface area contributed by atoms with Crippen LogP contribution in [0.15, 0.2) is 69.7 Å². The largest absolute Gasteiger partial charge is 0.503 e. The van der Waals surface area contributed by atoms with E-state index in [-0.39, 0.29) is 11.4 Å². The molecule has 1 saturated heterocycles. The van der Waals surface area contributed by atoms with E-state index < -0.39 is 17.7 Å². The predicted octanol–water partition coefficient (Wildman–Crippen LogP) is 5.42. The van der Waals surface area contributed by atoms with Gasteiger partial charge in [0.1, 0.15) is 17.6 Å². The molecule has 2 aliphatic rings. The molecule has 1 fully saturated rings. The zero-order valence-corrected chi connectivity index (χ0v) is 18.6. The zero-order valence-electron chi connectivity index (χ0n) is 17.8. The Bertz CT molecular complexity index is 1170. The second kappa shape index (κ2) is 8.31. The average molecular weight is 449 g/mol. The number of anilines is 2. The van der Waals surface area contributed by atoms with Crippen molar-refractivity contribution >= 4 is 34.4 Å². The Labute approximate surface area is 190 Å². The standard InChI is InChI=1S/C25H24N2O4S/c1-16-7-12-19(31-16)22-21(23(28)20-6-5-15-32-20)24(29)25(30)27(22)18-10-8-17(9-11-18)26-13-3-2-4-14-26/h5-12,15,22,29H,2-4,13-14H2,1H3. The van der Waals surface area contributed by atoms with Gasteiger partial charge >= 0.3 is 0 Å². The number of rotatable bonds is 5. The number of furan rings is 1. The van der Waals surface area contributed by atoms with Crippen LogP contribution in [0.25, 0.3) is 0 Å². The molecule has 6 nitrogen and oxygen atoms in total. The number of aliphatic hydroxyl groups excluding tert-OH is 1. The third-order valence-electron chi connectivity index (χ3n) is 6.08. The third-order valence-corrected chi connectivity index (χ3v) is 6.95. The summed E-state index contributed by atoms with van der Waals surface area (Å²) < 4.78 is 5.84. The number of ketones is 1. The van der Waals surface area contributed by atoms with Crippen LogP contribution in [0.5, 0.6) is 0 Å². The van der Waals surface area contributed by atoms with Crippen molar-refractivity contribution in [2.45, 2.75) is 32.2 Å². The van der Waals surface area contributed by atoms with Crippen LogP contribution in [0.1, 0.15) is 46.5 Å². The van der Waals surface area contributed by atoms with Crippen molar-refractivity contribution in [3.05, 3.63) is 81.6 Å². The molecule has 1 N–H and O–H groups in total. The van der Waals surface area contributed by atoms with Gasteiger partial charge in [0.05, 0.1) is 10.5 Å². The Morgan fingerprint density at radius 1 is 1.03 bits per heavy atom. The van der Waals surface area contributed by atoms with Gasteiger partial charge in [0, 0.05) is 24.5 Å². The summed E-state index contributed by atoms with van der Waals surface area (Å²) in [5.74, 6) is -0.378. The number of aryl methyl sites for hydroxylation is 1. The van der Waals surface area contributed by atoms with Gasteiger partial charge in [0.15, 0.2) is 5.76 Å². The summed E-state index contributed by atoms with van der Waals surface area (Å²) in [6, 6.07) is 13.9. The van der Waals surface area contributed by atoms with E-state index >= 15 is 0 Å². The van der Waals surface area contributed by atoms with Crippen molar-refractivity contribution in [3.63, 3.8) is 0 Å². The molecule has 0 saturated carbocycles. The summed E-state index contributed by atoms with van der Waals surface area (Å²) in [6.45, 7) is 3.86. The lowest BCUT2D eigenvalue weighted by Gasteiger charge is -2.30. The Hall–Kier alpha value is -3.32. The van der Waals surface area contributed by atoms with Crippen LogP contribution in [-0.4, -0.2) is 29.9 Å². The van der Waals surface area contributed by atoms with Crippen molar-refractivity contribution in [1.29, 1.82) is 0 Å². The monoisotopic (exact) mass is 448 g/mol. The number of amides is 1. The molecule has 0 bridgehead atoms. The molecule has 7 heteroatoms. The van der Waals surface area contributed by atoms with E-state index in [0.717, 1.165) is 18.8 Å². The van der Waals surface area contributed by atoms with Crippen molar-refractivity contribution in [2.75, 3.05) is 22.9 Å². The van der Waals surface area contributed by atoms with E-state index in [1.807, 2.05) is 31.2 Å². The smallest absolute Gasteiger partial charge is 0.294 e. The lowest BCUT2D eigenvalue weighted by molar-refractivity contribution is -0.117. The number of thiophene rings is 1. The van der Waals surface area contributed by atoms with Gasteiger partial charge in [-0.2, -0.15) is 0 Å². The van der Waals surface area contributed by atoms with Crippen molar-refractivity contribution < 1.29 is 19.1 Å². The van der Waals surface area contributed by atoms with E-state index in [1.165, 1.54) is 35.5 Å². The molecule has 2 aromatic heterocycles. The normalized spacial score (nSPS) is 19.2. The first kappa shape index (κ1) is 20.6. The highest BCUT2D eigenvalue weighted by atomic mass is 32.1. The number of hydrogen-bond donors (Lipinski definition) is 1. The first-order valence-corrected chi connectivity index (χ1v) is 11.7. The van der Waals surface area contributed by atoms with Gasteiger partial charge in [-0.05, 0) is 74.0 Å². The summed E-state index contributed by atoms with van der Waals surface area (Å²) in [5, 5.41) is 12.6. The molecule has 4 heterocycles. The van der Waals surface area contributed by atoms with Crippen LogP contribution in [0.4, 0.5) is 11.4 Å². The van der Waals surface area contributed by atoms with Gasteiger partial charge in [0.2, 0.25) is 5.78 Å². The number of aliphatic hydroxyl groups is 1. The Morgan fingerprint density at radius 2 is 1.75 bits per heavy atom. The van der Waals surface area contributed by atoms with Gasteiger partial charge in [-0.15, -0.1) is 11.3 Å². The molecule has 1 aromatic carbocycles. The quantitative estimate of drug-likeness (QED) is 0.528. The van der Waals surface area contributed by atoms with Crippen molar-refractivity contribution in [3.8, 4) is 0 Å². The number of nitrogens with zero attached hydrogens (tertiary/aromatic N) is 2. The molecular formula is C25H24N2O4S. The Balaban J connectivity index is 1.54. The van der Waals surface area contributed by atoms with Gasteiger partial charge < -0.3 is 14.4 Å². The highest BCUT2D eigenvalue weighted by Crippen LogP contribution is 2.43. The van der Waals surface area contributed by atoms with E-state index in [4.69, 9.17) is 4.42 Å². The Kier molecular flexibility index (Phi) is 5.35. The number of hydrogen-bond acceptors (Lipinski definition) is 6. The van der Waals surface area contributed by atoms with Crippen LogP contribution in [0.3, 0.4) is 0 Å². The molecule has 32 heavy (non-hydrogen) atoms. The highest BCUT2D eigenvalue weighted by Gasteiger charge is 2.46. The van der Waals surface area contributed by atoms with E-state index in [9.17, 15) is 14.7 Å². The van der Waals surface area contributed by atoms with Crippen LogP contribution in [0, 0.1) is 6.92 Å². The van der Waals surface area contributed by atoms with Crippen LogP contribution in [0.2, 0.25) is 0 Å². The number of carbonyl (C=O) groups is 2. The zero-order chi connectivity index (χ0) is 22.2. The second-order valence-corrected chi connectivity index (χ2v) is 9.11. The highest BCUT2D eigenvalue weighted by molar-refractivity contribution is 7.12. The van der Waals surface area contributed by atoms with Crippen molar-refractivity contribution in [2.24, 2.45) is 0 Å². The maximum absolute atomic E-state index is 13.3. The first-order chi connectivity index (χ1) is 15.5. The lowest BCUT2D eigenvalue weighted by atomic mass is 10.00. The number of carbonyl (C=O) groups excluding carboxylic acids is 2. The molecule has 0 radical (unpaired) electrons. The minimum Gasteiger partial charge on any atom is -0.503 e. The summed E-state index contributed by atoms with van der Waals surface area (Å²) >= 11 is 1.28. The Morgan fingerprint density at radius 3 is 2.38 bits per heavy atom. The van der Waals surface area contributed by atoms with E-state index in [2.05, 4.69) is 4.90 Å².